The zero-order valence-electron chi connectivity index (χ0n) is 28.2. The number of nitrogens with zero attached hydrogens (tertiary/aromatic N) is 3. The highest BCUT2D eigenvalue weighted by molar-refractivity contribution is 6.36. The van der Waals surface area contributed by atoms with Gasteiger partial charge in [0.2, 0.25) is 5.91 Å². The fourth-order valence-corrected chi connectivity index (χ4v) is 8.90. The largest absolute Gasteiger partial charge is 0.492 e. The van der Waals surface area contributed by atoms with Gasteiger partial charge in [0.05, 0.1) is 23.5 Å². The molecule has 3 fully saturated rings. The number of allylic oxidation sites excluding steroid dienone is 1. The molecule has 3 unspecified atom stereocenters. The molecule has 1 amide bonds. The number of piperidine rings is 1. The van der Waals surface area contributed by atoms with E-state index in [0.29, 0.717) is 56.5 Å². The molecule has 13 heteroatoms. The quantitative estimate of drug-likeness (QED) is 0.247. The summed E-state index contributed by atoms with van der Waals surface area (Å²) in [5.41, 5.74) is 6.61. The number of nitrogens with one attached hydrogen (secondary N) is 1. The van der Waals surface area contributed by atoms with Gasteiger partial charge in [-0.05, 0) is 69.3 Å². The van der Waals surface area contributed by atoms with Crippen LogP contribution in [0.25, 0.3) is 0 Å². The molecule has 3 saturated heterocycles. The van der Waals surface area contributed by atoms with Gasteiger partial charge in [-0.25, -0.2) is 9.59 Å². The van der Waals surface area contributed by atoms with E-state index in [4.69, 9.17) is 33.7 Å². The number of amides is 1. The van der Waals surface area contributed by atoms with E-state index in [1.54, 1.807) is 23.1 Å². The number of piperazine rings is 1. The lowest BCUT2D eigenvalue weighted by Crippen LogP contribution is -2.56. The maximum absolute atomic E-state index is 13.9. The Balaban J connectivity index is 1.27. The van der Waals surface area contributed by atoms with E-state index in [1.165, 1.54) is 12.8 Å². The molecule has 2 aromatic rings. The third-order valence-corrected chi connectivity index (χ3v) is 11.5. The van der Waals surface area contributed by atoms with E-state index in [2.05, 4.69) is 22.2 Å². The Kier molecular flexibility index (Phi) is 11.4. The third kappa shape index (κ3) is 7.52. The van der Waals surface area contributed by atoms with Crippen molar-refractivity contribution in [1.29, 1.82) is 0 Å². The minimum absolute atomic E-state index is 0.130. The maximum atomic E-state index is 13.9. The summed E-state index contributed by atoms with van der Waals surface area (Å²) in [5, 5.41) is 24.7. The number of carbonyl (C=O) groups excluding carboxylic acids is 1. The lowest BCUT2D eigenvalue weighted by molar-refractivity contribution is -0.133. The Morgan fingerprint density at radius 3 is 2.10 bits per heavy atom. The predicted octanol–water partition coefficient (Wildman–Crippen LogP) is 4.49. The van der Waals surface area contributed by atoms with Gasteiger partial charge in [-0.2, -0.15) is 0 Å². The molecule has 50 heavy (non-hydrogen) atoms. The summed E-state index contributed by atoms with van der Waals surface area (Å²) in [6.07, 6.45) is 5.11. The predicted molar refractivity (Wildman–Crippen MR) is 191 cm³/mol. The highest BCUT2D eigenvalue weighted by atomic mass is 35.5. The molecule has 0 aliphatic carbocycles. The second kappa shape index (κ2) is 15.7. The van der Waals surface area contributed by atoms with Crippen molar-refractivity contribution >= 4 is 41.0 Å². The molecule has 2 bridgehead atoms. The van der Waals surface area contributed by atoms with Gasteiger partial charge in [-0.1, -0.05) is 47.5 Å². The number of aryl methyl sites for hydroxylation is 1. The number of ether oxygens (including phenoxy) is 1. The van der Waals surface area contributed by atoms with Gasteiger partial charge in [0, 0.05) is 77.9 Å². The smallest absolute Gasteiger partial charge is 0.334 e. The van der Waals surface area contributed by atoms with Crippen LogP contribution in [0.4, 0.5) is 0 Å². The number of para-hydroxylation sites is 1. The number of carboxylic acids is 2. The molecule has 3 atom stereocenters. The zero-order valence-corrected chi connectivity index (χ0v) is 29.8. The molecule has 0 saturated carbocycles. The van der Waals surface area contributed by atoms with Crippen LogP contribution in [0.15, 0.2) is 65.0 Å². The molecule has 268 valence electrons. The van der Waals surface area contributed by atoms with Crippen molar-refractivity contribution < 1.29 is 29.3 Å². The molecule has 0 spiro atoms. The zero-order chi connectivity index (χ0) is 35.5. The van der Waals surface area contributed by atoms with Gasteiger partial charge in [0.1, 0.15) is 12.4 Å². The molecule has 0 radical (unpaired) electrons. The van der Waals surface area contributed by atoms with Crippen LogP contribution in [0.3, 0.4) is 0 Å². The van der Waals surface area contributed by atoms with E-state index in [-0.39, 0.29) is 56.9 Å². The molecule has 6 rings (SSSR count). The number of hydrogen-bond donors (Lipinski definition) is 4. The first-order valence-corrected chi connectivity index (χ1v) is 18.1. The lowest BCUT2D eigenvalue weighted by atomic mass is 9.78. The van der Waals surface area contributed by atoms with Crippen LogP contribution in [0, 0.1) is 0 Å². The SMILES string of the molecule is CN1C2CCC1CC(N1CCN(C(=O)CC3=C(C(=O)O)C(c4c(Cl)cccc4Cl)C(C(=O)O)=C(CCc4ccccc4OCCN)N3)CC1)C2. The van der Waals surface area contributed by atoms with E-state index >= 15 is 0 Å². The number of benzene rings is 2. The fraction of sp³-hybridized carbons (Fsp3) is 0.486. The molecule has 2 aromatic carbocycles. The summed E-state index contributed by atoms with van der Waals surface area (Å²) in [7, 11) is 2.23. The number of hydrogen-bond acceptors (Lipinski definition) is 8. The Bertz CT molecular complexity index is 1660. The molecular weight excluding hydrogens is 681 g/mol. The Hall–Kier alpha value is -3.61. The van der Waals surface area contributed by atoms with Crippen LogP contribution in [-0.2, 0) is 20.8 Å². The van der Waals surface area contributed by atoms with Gasteiger partial charge in [0.15, 0.2) is 0 Å². The molecule has 4 aliphatic rings. The number of halogens is 2. The number of fused-ring (bicyclic) bond motifs is 2. The number of dihydropyridines is 1. The van der Waals surface area contributed by atoms with Crippen LogP contribution in [-0.4, -0.2) is 107 Å². The number of aliphatic carboxylic acids is 2. The standard InChI is InChI=1S/C37H45Cl2N5O6/c1-42-23-10-11-24(42)20-25(19-23)43-14-16-44(17-15-43)31(45)21-29-34(37(48)49)35(32-26(38)6-4-7-27(32)39)33(36(46)47)28(41-29)12-9-22-5-2-3-8-30(22)50-18-13-40/h2-8,23-25,35,41H,9-21,40H2,1H3,(H,46,47)(H,48,49). The summed E-state index contributed by atoms with van der Waals surface area (Å²) < 4.78 is 5.82. The molecular formula is C37H45Cl2N5O6. The summed E-state index contributed by atoms with van der Waals surface area (Å²) in [5.74, 6) is -3.60. The Labute approximate surface area is 302 Å². The van der Waals surface area contributed by atoms with Crippen molar-refractivity contribution in [3.63, 3.8) is 0 Å². The van der Waals surface area contributed by atoms with Gasteiger partial charge >= 0.3 is 11.9 Å². The summed E-state index contributed by atoms with van der Waals surface area (Å²) in [6, 6.07) is 13.9. The number of nitrogens with two attached hydrogens (primary N) is 1. The van der Waals surface area contributed by atoms with Gasteiger partial charge < -0.3 is 35.8 Å². The lowest BCUT2D eigenvalue weighted by Gasteiger charge is -2.45. The molecule has 11 nitrogen and oxygen atoms in total. The highest BCUT2D eigenvalue weighted by Crippen LogP contribution is 2.45. The molecule has 4 heterocycles. The van der Waals surface area contributed by atoms with Crippen molar-refractivity contribution in [1.82, 2.24) is 20.0 Å². The summed E-state index contributed by atoms with van der Waals surface area (Å²) in [4.78, 5) is 46.8. The second-order valence-corrected chi connectivity index (χ2v) is 14.4. The van der Waals surface area contributed by atoms with Crippen molar-refractivity contribution in [2.75, 3.05) is 46.4 Å². The first-order valence-electron chi connectivity index (χ1n) is 17.4. The van der Waals surface area contributed by atoms with Gasteiger partial charge in [0.25, 0.3) is 0 Å². The number of carbonyl (C=O) groups is 3. The topological polar surface area (TPSA) is 149 Å². The van der Waals surface area contributed by atoms with Gasteiger partial charge in [-0.3, -0.25) is 9.69 Å². The minimum atomic E-state index is -1.36. The third-order valence-electron chi connectivity index (χ3n) is 10.9. The number of carboxylic acid groups (broad SMARTS) is 2. The van der Waals surface area contributed by atoms with Crippen LogP contribution in [0.5, 0.6) is 5.75 Å². The Morgan fingerprint density at radius 1 is 0.860 bits per heavy atom. The number of rotatable bonds is 12. The van der Waals surface area contributed by atoms with Crippen molar-refractivity contribution in [3.8, 4) is 5.75 Å². The van der Waals surface area contributed by atoms with Crippen LogP contribution >= 0.6 is 23.2 Å². The van der Waals surface area contributed by atoms with E-state index < -0.39 is 17.9 Å². The van der Waals surface area contributed by atoms with Crippen molar-refractivity contribution in [3.05, 3.63) is 86.2 Å². The maximum Gasteiger partial charge on any atom is 0.334 e. The van der Waals surface area contributed by atoms with Crippen LogP contribution in [0.1, 0.15) is 55.6 Å². The second-order valence-electron chi connectivity index (χ2n) is 13.6. The van der Waals surface area contributed by atoms with Crippen molar-refractivity contribution in [2.45, 2.75) is 69.0 Å². The minimum Gasteiger partial charge on any atom is -0.492 e. The van der Waals surface area contributed by atoms with Crippen molar-refractivity contribution in [2.24, 2.45) is 5.73 Å². The normalized spacial score (nSPS) is 24.4. The molecule has 5 N–H and O–H groups in total. The molecule has 0 aromatic heterocycles. The average molecular weight is 727 g/mol. The monoisotopic (exact) mass is 725 g/mol. The van der Waals surface area contributed by atoms with Gasteiger partial charge in [-0.15, -0.1) is 0 Å². The fourth-order valence-electron chi connectivity index (χ4n) is 8.29. The average Bonchev–Trinajstić information content (AvgIpc) is 3.28. The van der Waals surface area contributed by atoms with E-state index in [9.17, 15) is 24.6 Å². The van der Waals surface area contributed by atoms with E-state index in [1.807, 2.05) is 24.3 Å². The van der Waals surface area contributed by atoms with Crippen LogP contribution in [0.2, 0.25) is 10.0 Å². The Morgan fingerprint density at radius 2 is 1.48 bits per heavy atom. The van der Waals surface area contributed by atoms with Crippen LogP contribution < -0.4 is 15.8 Å². The van der Waals surface area contributed by atoms with E-state index in [0.717, 1.165) is 31.5 Å². The highest BCUT2D eigenvalue weighted by Gasteiger charge is 2.43. The summed E-state index contributed by atoms with van der Waals surface area (Å²) >= 11 is 13.3. The summed E-state index contributed by atoms with van der Waals surface area (Å²) in [6.45, 7) is 3.25. The first kappa shape index (κ1) is 36.2. The molecule has 4 aliphatic heterocycles. The first-order chi connectivity index (χ1) is 24.1.